The van der Waals surface area contributed by atoms with Crippen molar-refractivity contribution in [3.8, 4) is 11.5 Å². The van der Waals surface area contributed by atoms with E-state index in [0.29, 0.717) is 23.5 Å². The summed E-state index contributed by atoms with van der Waals surface area (Å²) in [5.41, 5.74) is 6.78. The van der Waals surface area contributed by atoms with Crippen LogP contribution in [0.3, 0.4) is 0 Å². The zero-order valence-electron chi connectivity index (χ0n) is 12.8. The van der Waals surface area contributed by atoms with Crippen LogP contribution < -0.4 is 15.2 Å². The van der Waals surface area contributed by atoms with Gasteiger partial charge in [-0.05, 0) is 30.0 Å². The van der Waals surface area contributed by atoms with Crippen LogP contribution in [0.2, 0.25) is 0 Å². The van der Waals surface area contributed by atoms with Gasteiger partial charge in [0.15, 0.2) is 0 Å². The highest BCUT2D eigenvalue weighted by atomic mass is 35.5. The van der Waals surface area contributed by atoms with Gasteiger partial charge in [-0.3, -0.25) is 0 Å². The van der Waals surface area contributed by atoms with Crippen LogP contribution >= 0.6 is 12.4 Å². The molecule has 0 aliphatic rings. The molecule has 0 radical (unpaired) electrons. The van der Waals surface area contributed by atoms with Crippen LogP contribution in [0.4, 0.5) is 0 Å². The van der Waals surface area contributed by atoms with Gasteiger partial charge in [0.05, 0.1) is 20.3 Å². The predicted molar refractivity (Wildman–Crippen MR) is 83.8 cm³/mol. The lowest BCUT2D eigenvalue weighted by molar-refractivity contribution is 0.130. The Balaban J connectivity index is 0.00000361. The molecule has 5 heteroatoms. The fourth-order valence-corrected chi connectivity index (χ4v) is 1.82. The Labute approximate surface area is 127 Å². The Morgan fingerprint density at radius 2 is 1.80 bits per heavy atom. The molecule has 0 spiro atoms. The molecule has 20 heavy (non-hydrogen) atoms. The average Bonchev–Trinajstić information content (AvgIpc) is 2.36. The minimum Gasteiger partial charge on any atom is -0.497 e. The predicted octanol–water partition coefficient (Wildman–Crippen LogP) is 2.92. The molecule has 0 heterocycles. The first-order valence-electron chi connectivity index (χ1n) is 6.45. The molecule has 1 aromatic carbocycles. The van der Waals surface area contributed by atoms with Crippen molar-refractivity contribution in [2.45, 2.75) is 39.3 Å². The van der Waals surface area contributed by atoms with Crippen LogP contribution in [-0.2, 0) is 0 Å². The third-order valence-corrected chi connectivity index (χ3v) is 3.39. The monoisotopic (exact) mass is 303 g/mol. The number of hydrogen-bond donors (Lipinski definition) is 2. The van der Waals surface area contributed by atoms with Gasteiger partial charge in [-0.1, -0.05) is 20.8 Å². The van der Waals surface area contributed by atoms with E-state index in [0.717, 1.165) is 0 Å². The van der Waals surface area contributed by atoms with Crippen molar-refractivity contribution in [1.82, 2.24) is 0 Å². The molecule has 3 N–H and O–H groups in total. The summed E-state index contributed by atoms with van der Waals surface area (Å²) in [6.07, 6.45) is -0.188. The molecule has 0 aromatic heterocycles. The summed E-state index contributed by atoms with van der Waals surface area (Å²) in [4.78, 5) is 0. The maximum absolute atomic E-state index is 10.4. The van der Waals surface area contributed by atoms with Gasteiger partial charge < -0.3 is 20.3 Å². The second-order valence-electron chi connectivity index (χ2n) is 5.83. The van der Waals surface area contributed by atoms with Crippen LogP contribution in [-0.4, -0.2) is 25.4 Å². The fourth-order valence-electron chi connectivity index (χ4n) is 1.82. The van der Waals surface area contributed by atoms with Crippen molar-refractivity contribution in [3.05, 3.63) is 23.8 Å². The van der Waals surface area contributed by atoms with Gasteiger partial charge in [0.2, 0.25) is 0 Å². The Kier molecular flexibility index (Phi) is 7.34. The standard InChI is InChI=1S/C15H25NO3.ClH/c1-15(2,3)14(16)9-12(17)11-8-10(18-4)6-7-13(11)19-5;/h6-8,12,14,17H,9,16H2,1-5H3;1H/t12-,14-;/m1./s1. The summed E-state index contributed by atoms with van der Waals surface area (Å²) >= 11 is 0. The van der Waals surface area contributed by atoms with E-state index in [9.17, 15) is 5.11 Å². The van der Waals surface area contributed by atoms with Gasteiger partial charge in [-0.25, -0.2) is 0 Å². The van der Waals surface area contributed by atoms with Crippen LogP contribution in [0.25, 0.3) is 0 Å². The number of ether oxygens (including phenoxy) is 2. The molecule has 2 atom stereocenters. The van der Waals surface area contributed by atoms with E-state index in [-0.39, 0.29) is 23.9 Å². The highest BCUT2D eigenvalue weighted by molar-refractivity contribution is 5.85. The number of nitrogens with two attached hydrogens (primary N) is 1. The number of aliphatic hydroxyl groups excluding tert-OH is 1. The fraction of sp³-hybridized carbons (Fsp3) is 0.600. The molecule has 0 fully saturated rings. The van der Waals surface area contributed by atoms with Gasteiger partial charge in [0, 0.05) is 11.6 Å². The van der Waals surface area contributed by atoms with E-state index in [1.807, 2.05) is 0 Å². The molecule has 0 bridgehead atoms. The molecule has 116 valence electrons. The summed E-state index contributed by atoms with van der Waals surface area (Å²) in [5.74, 6) is 1.34. The minimum atomic E-state index is -0.667. The van der Waals surface area contributed by atoms with E-state index >= 15 is 0 Å². The maximum atomic E-state index is 10.4. The van der Waals surface area contributed by atoms with Crippen molar-refractivity contribution in [1.29, 1.82) is 0 Å². The minimum absolute atomic E-state index is 0. The Hall–Kier alpha value is -0.970. The van der Waals surface area contributed by atoms with Gasteiger partial charge in [-0.15, -0.1) is 12.4 Å². The number of benzene rings is 1. The molecule has 1 rings (SSSR count). The Morgan fingerprint density at radius 3 is 2.25 bits per heavy atom. The van der Waals surface area contributed by atoms with E-state index in [1.54, 1.807) is 32.4 Å². The van der Waals surface area contributed by atoms with Crippen LogP contribution in [0.15, 0.2) is 18.2 Å². The summed E-state index contributed by atoms with van der Waals surface area (Å²) in [6.45, 7) is 6.19. The van der Waals surface area contributed by atoms with E-state index in [4.69, 9.17) is 15.2 Å². The molecule has 4 nitrogen and oxygen atoms in total. The average molecular weight is 304 g/mol. The largest absolute Gasteiger partial charge is 0.497 e. The summed E-state index contributed by atoms with van der Waals surface area (Å²) in [7, 11) is 3.18. The van der Waals surface area contributed by atoms with Crippen LogP contribution in [0.1, 0.15) is 38.9 Å². The SMILES string of the molecule is COc1ccc(OC)c([C@H](O)C[C@@H](N)C(C)(C)C)c1.Cl. The number of aliphatic hydroxyl groups is 1. The molecular weight excluding hydrogens is 278 g/mol. The number of methoxy groups -OCH3 is 2. The van der Waals surface area contributed by atoms with E-state index in [1.165, 1.54) is 0 Å². The van der Waals surface area contributed by atoms with Gasteiger partial charge >= 0.3 is 0 Å². The zero-order valence-corrected chi connectivity index (χ0v) is 13.7. The highest BCUT2D eigenvalue weighted by Gasteiger charge is 2.25. The third-order valence-electron chi connectivity index (χ3n) is 3.39. The van der Waals surface area contributed by atoms with Crippen molar-refractivity contribution < 1.29 is 14.6 Å². The second kappa shape index (κ2) is 7.72. The molecule has 0 unspecified atom stereocenters. The van der Waals surface area contributed by atoms with Crippen molar-refractivity contribution in [2.75, 3.05) is 14.2 Å². The van der Waals surface area contributed by atoms with Crippen molar-refractivity contribution in [2.24, 2.45) is 11.1 Å². The Morgan fingerprint density at radius 1 is 1.20 bits per heavy atom. The first-order chi connectivity index (χ1) is 8.79. The number of hydrogen-bond acceptors (Lipinski definition) is 4. The molecule has 1 aromatic rings. The first kappa shape index (κ1) is 19.0. The van der Waals surface area contributed by atoms with Crippen LogP contribution in [0, 0.1) is 5.41 Å². The smallest absolute Gasteiger partial charge is 0.124 e. The van der Waals surface area contributed by atoms with E-state index < -0.39 is 6.10 Å². The first-order valence-corrected chi connectivity index (χ1v) is 6.45. The molecule has 0 saturated carbocycles. The van der Waals surface area contributed by atoms with Gasteiger partial charge in [-0.2, -0.15) is 0 Å². The van der Waals surface area contributed by atoms with Crippen molar-refractivity contribution >= 4 is 12.4 Å². The third kappa shape index (κ3) is 4.85. The normalized spacial score (nSPS) is 14.2. The topological polar surface area (TPSA) is 64.7 Å². The Bertz CT molecular complexity index is 418. The van der Waals surface area contributed by atoms with Crippen LogP contribution in [0.5, 0.6) is 11.5 Å². The lowest BCUT2D eigenvalue weighted by atomic mass is 9.83. The number of rotatable bonds is 5. The van der Waals surface area contributed by atoms with E-state index in [2.05, 4.69) is 20.8 Å². The van der Waals surface area contributed by atoms with Gasteiger partial charge in [0.1, 0.15) is 11.5 Å². The van der Waals surface area contributed by atoms with Gasteiger partial charge in [0.25, 0.3) is 0 Å². The quantitative estimate of drug-likeness (QED) is 0.878. The molecular formula is C15H26ClNO3. The number of halogens is 1. The highest BCUT2D eigenvalue weighted by Crippen LogP contribution is 2.33. The molecule has 0 amide bonds. The lowest BCUT2D eigenvalue weighted by Gasteiger charge is -2.29. The second-order valence-corrected chi connectivity index (χ2v) is 5.83. The maximum Gasteiger partial charge on any atom is 0.124 e. The molecule has 0 saturated heterocycles. The summed E-state index contributed by atoms with van der Waals surface area (Å²) in [6, 6.07) is 5.29. The summed E-state index contributed by atoms with van der Waals surface area (Å²) < 4.78 is 10.5. The lowest BCUT2D eigenvalue weighted by Crippen LogP contribution is -2.36. The zero-order chi connectivity index (χ0) is 14.6. The van der Waals surface area contributed by atoms with Crippen molar-refractivity contribution in [3.63, 3.8) is 0 Å². The summed E-state index contributed by atoms with van der Waals surface area (Å²) in [5, 5.41) is 10.4. The molecule has 0 aliphatic carbocycles. The molecule has 0 aliphatic heterocycles.